The van der Waals surface area contributed by atoms with Gasteiger partial charge >= 0.3 is 0 Å². The zero-order valence-electron chi connectivity index (χ0n) is 13.2. The third-order valence-corrected chi connectivity index (χ3v) is 3.15. The Morgan fingerprint density at radius 2 is 1.81 bits per heavy atom. The van der Waals surface area contributed by atoms with Crippen molar-refractivity contribution < 1.29 is 4.74 Å². The summed E-state index contributed by atoms with van der Waals surface area (Å²) in [5, 5.41) is 3.35. The van der Waals surface area contributed by atoms with E-state index in [0.29, 0.717) is 5.88 Å². The molecule has 0 amide bonds. The predicted molar refractivity (Wildman–Crippen MR) is 85.9 cm³/mol. The fraction of sp³-hybridized carbons (Fsp3) is 0.412. The van der Waals surface area contributed by atoms with Gasteiger partial charge in [-0.3, -0.25) is 0 Å². The largest absolute Gasteiger partial charge is 0.481 e. The summed E-state index contributed by atoms with van der Waals surface area (Å²) in [7, 11) is 1.63. The third-order valence-electron chi connectivity index (χ3n) is 3.15. The normalized spacial score (nSPS) is 11.2. The molecule has 2 aromatic rings. The van der Waals surface area contributed by atoms with Gasteiger partial charge in [-0.15, -0.1) is 0 Å². The maximum atomic E-state index is 5.26. The van der Waals surface area contributed by atoms with Gasteiger partial charge in [0.2, 0.25) is 5.88 Å². The summed E-state index contributed by atoms with van der Waals surface area (Å²) in [5.74, 6) is 2.18. The quantitative estimate of drug-likeness (QED) is 0.914. The summed E-state index contributed by atoms with van der Waals surface area (Å²) < 4.78 is 5.26. The number of hydrogen-bond acceptors (Lipinski definition) is 4. The van der Waals surface area contributed by atoms with Crippen LogP contribution in [0.15, 0.2) is 36.4 Å². The Morgan fingerprint density at radius 1 is 1.10 bits per heavy atom. The topological polar surface area (TPSA) is 47.0 Å². The van der Waals surface area contributed by atoms with E-state index in [1.54, 1.807) is 7.11 Å². The van der Waals surface area contributed by atoms with Crippen molar-refractivity contribution in [3.8, 4) is 5.88 Å². The SMILES string of the molecule is COc1cc(NCCc2ccccc2)nc(C(C)(C)C)n1. The monoisotopic (exact) mass is 285 g/mol. The first kappa shape index (κ1) is 15.3. The molecule has 1 aromatic heterocycles. The van der Waals surface area contributed by atoms with Gasteiger partial charge in [0.1, 0.15) is 11.6 Å². The molecular formula is C17H23N3O. The maximum absolute atomic E-state index is 5.26. The van der Waals surface area contributed by atoms with Gasteiger partial charge in [0.05, 0.1) is 7.11 Å². The lowest BCUT2D eigenvalue weighted by Gasteiger charge is -2.18. The molecule has 4 heteroatoms. The lowest BCUT2D eigenvalue weighted by Crippen LogP contribution is -2.18. The van der Waals surface area contributed by atoms with Crippen molar-refractivity contribution in [3.63, 3.8) is 0 Å². The minimum Gasteiger partial charge on any atom is -0.481 e. The van der Waals surface area contributed by atoms with Crippen LogP contribution in [0.2, 0.25) is 0 Å². The van der Waals surface area contributed by atoms with Crippen LogP contribution in [0.3, 0.4) is 0 Å². The van der Waals surface area contributed by atoms with Gasteiger partial charge in [0, 0.05) is 18.0 Å². The molecule has 0 spiro atoms. The first-order valence-electron chi connectivity index (χ1n) is 7.20. The van der Waals surface area contributed by atoms with Crippen LogP contribution in [0.4, 0.5) is 5.82 Å². The van der Waals surface area contributed by atoms with Crippen molar-refractivity contribution >= 4 is 5.82 Å². The van der Waals surface area contributed by atoms with Crippen molar-refractivity contribution in [1.82, 2.24) is 9.97 Å². The van der Waals surface area contributed by atoms with Crippen molar-refractivity contribution in [1.29, 1.82) is 0 Å². The highest BCUT2D eigenvalue weighted by molar-refractivity contribution is 5.39. The van der Waals surface area contributed by atoms with Gasteiger partial charge in [0.15, 0.2) is 0 Å². The zero-order valence-corrected chi connectivity index (χ0v) is 13.2. The van der Waals surface area contributed by atoms with Gasteiger partial charge in [-0.2, -0.15) is 4.98 Å². The molecule has 4 nitrogen and oxygen atoms in total. The fourth-order valence-electron chi connectivity index (χ4n) is 1.94. The molecule has 0 fully saturated rings. The minimum absolute atomic E-state index is 0.107. The zero-order chi connectivity index (χ0) is 15.3. The molecule has 1 aromatic carbocycles. The highest BCUT2D eigenvalue weighted by Crippen LogP contribution is 2.23. The van der Waals surface area contributed by atoms with Crippen LogP contribution in [0.1, 0.15) is 32.2 Å². The van der Waals surface area contributed by atoms with Crippen LogP contribution in [0.5, 0.6) is 5.88 Å². The van der Waals surface area contributed by atoms with E-state index in [1.165, 1.54) is 5.56 Å². The van der Waals surface area contributed by atoms with Gasteiger partial charge in [0.25, 0.3) is 0 Å². The fourth-order valence-corrected chi connectivity index (χ4v) is 1.94. The third kappa shape index (κ3) is 4.45. The van der Waals surface area contributed by atoms with E-state index < -0.39 is 0 Å². The molecular weight excluding hydrogens is 262 g/mol. The summed E-state index contributed by atoms with van der Waals surface area (Å²) >= 11 is 0. The number of ether oxygens (including phenoxy) is 1. The average molecular weight is 285 g/mol. The lowest BCUT2D eigenvalue weighted by atomic mass is 9.96. The van der Waals surface area contributed by atoms with Crippen LogP contribution in [0.25, 0.3) is 0 Å². The molecule has 0 unspecified atom stereocenters. The number of aromatic nitrogens is 2. The first-order valence-corrected chi connectivity index (χ1v) is 7.20. The Hall–Kier alpha value is -2.10. The summed E-state index contributed by atoms with van der Waals surface area (Å²) in [4.78, 5) is 9.00. The second-order valence-corrected chi connectivity index (χ2v) is 6.03. The molecule has 0 radical (unpaired) electrons. The predicted octanol–water partition coefficient (Wildman–Crippen LogP) is 3.44. The lowest BCUT2D eigenvalue weighted by molar-refractivity contribution is 0.389. The van der Waals surface area contributed by atoms with Crippen molar-refractivity contribution in [2.24, 2.45) is 0 Å². The Kier molecular flexibility index (Phi) is 4.78. The molecule has 112 valence electrons. The number of benzene rings is 1. The molecule has 1 N–H and O–H groups in total. The van der Waals surface area contributed by atoms with Crippen molar-refractivity contribution in [3.05, 3.63) is 47.8 Å². The summed E-state index contributed by atoms with van der Waals surface area (Å²) in [5.41, 5.74) is 1.20. The highest BCUT2D eigenvalue weighted by Gasteiger charge is 2.19. The van der Waals surface area contributed by atoms with Gasteiger partial charge in [-0.25, -0.2) is 4.98 Å². The number of methoxy groups -OCH3 is 1. The van der Waals surface area contributed by atoms with E-state index in [1.807, 2.05) is 12.1 Å². The van der Waals surface area contributed by atoms with Crippen LogP contribution < -0.4 is 10.1 Å². The standard InChI is InChI=1S/C17H23N3O/c1-17(2,3)16-19-14(12-15(20-16)21-4)18-11-10-13-8-6-5-7-9-13/h5-9,12H,10-11H2,1-4H3,(H,18,19,20). The first-order chi connectivity index (χ1) is 9.99. The molecule has 0 bridgehead atoms. The van der Waals surface area contributed by atoms with Crippen molar-refractivity contribution in [2.45, 2.75) is 32.6 Å². The van der Waals surface area contributed by atoms with E-state index in [4.69, 9.17) is 4.74 Å². The molecule has 0 aliphatic carbocycles. The number of hydrogen-bond donors (Lipinski definition) is 1. The highest BCUT2D eigenvalue weighted by atomic mass is 16.5. The van der Waals surface area contributed by atoms with E-state index in [2.05, 4.69) is 60.3 Å². The number of anilines is 1. The molecule has 0 aliphatic rings. The van der Waals surface area contributed by atoms with Crippen LogP contribution >= 0.6 is 0 Å². The maximum Gasteiger partial charge on any atom is 0.218 e. The summed E-state index contributed by atoms with van der Waals surface area (Å²) in [6, 6.07) is 12.2. The van der Waals surface area contributed by atoms with E-state index in [-0.39, 0.29) is 5.41 Å². The number of rotatable bonds is 5. The van der Waals surface area contributed by atoms with Crippen molar-refractivity contribution in [2.75, 3.05) is 19.0 Å². The van der Waals surface area contributed by atoms with Crippen LogP contribution in [-0.2, 0) is 11.8 Å². The molecule has 1 heterocycles. The Bertz CT molecular complexity index is 576. The van der Waals surface area contributed by atoms with E-state index >= 15 is 0 Å². The Labute approximate surface area is 126 Å². The van der Waals surface area contributed by atoms with Gasteiger partial charge in [-0.1, -0.05) is 51.1 Å². The summed E-state index contributed by atoms with van der Waals surface area (Å²) in [6.07, 6.45) is 0.956. The minimum atomic E-state index is -0.107. The number of nitrogens with one attached hydrogen (secondary N) is 1. The molecule has 0 atom stereocenters. The van der Waals surface area contributed by atoms with Gasteiger partial charge < -0.3 is 10.1 Å². The Morgan fingerprint density at radius 3 is 2.43 bits per heavy atom. The van der Waals surface area contributed by atoms with E-state index in [9.17, 15) is 0 Å². The van der Waals surface area contributed by atoms with E-state index in [0.717, 1.165) is 24.6 Å². The molecule has 0 saturated carbocycles. The smallest absolute Gasteiger partial charge is 0.218 e. The molecule has 21 heavy (non-hydrogen) atoms. The molecule has 0 aliphatic heterocycles. The van der Waals surface area contributed by atoms with Gasteiger partial charge in [-0.05, 0) is 12.0 Å². The Balaban J connectivity index is 2.05. The molecule has 2 rings (SSSR count). The van der Waals surface area contributed by atoms with Crippen LogP contribution in [0, 0.1) is 0 Å². The second kappa shape index (κ2) is 6.57. The second-order valence-electron chi connectivity index (χ2n) is 6.03. The van der Waals surface area contributed by atoms with Crippen LogP contribution in [-0.4, -0.2) is 23.6 Å². The average Bonchev–Trinajstić information content (AvgIpc) is 2.47. The summed E-state index contributed by atoms with van der Waals surface area (Å²) in [6.45, 7) is 7.11. The number of nitrogens with zero attached hydrogens (tertiary/aromatic N) is 2. The molecule has 0 saturated heterocycles.